The SMILES string of the molecule is COc1cc(COC(=O)c2cnc3c(c2)c(C)nn3C)ccc1OC(F)F. The first-order valence-electron chi connectivity index (χ1n) is 7.97. The van der Waals surface area contributed by atoms with Crippen LogP contribution in [0.25, 0.3) is 11.0 Å². The van der Waals surface area contributed by atoms with E-state index in [1.807, 2.05) is 6.92 Å². The molecule has 0 spiro atoms. The van der Waals surface area contributed by atoms with E-state index in [2.05, 4.69) is 14.8 Å². The van der Waals surface area contributed by atoms with E-state index in [4.69, 9.17) is 9.47 Å². The molecule has 142 valence electrons. The normalized spacial score (nSPS) is 11.0. The van der Waals surface area contributed by atoms with Crippen molar-refractivity contribution in [2.75, 3.05) is 7.11 Å². The summed E-state index contributed by atoms with van der Waals surface area (Å²) < 4.78 is 41.0. The molecule has 0 aliphatic heterocycles. The molecule has 0 unspecified atom stereocenters. The maximum Gasteiger partial charge on any atom is 0.387 e. The van der Waals surface area contributed by atoms with Crippen molar-refractivity contribution in [3.05, 3.63) is 47.3 Å². The summed E-state index contributed by atoms with van der Waals surface area (Å²) >= 11 is 0. The Morgan fingerprint density at radius 2 is 2.04 bits per heavy atom. The number of pyridine rings is 1. The number of ether oxygens (including phenoxy) is 3. The summed E-state index contributed by atoms with van der Waals surface area (Å²) in [4.78, 5) is 16.5. The highest BCUT2D eigenvalue weighted by atomic mass is 19.3. The van der Waals surface area contributed by atoms with Gasteiger partial charge >= 0.3 is 12.6 Å². The quantitative estimate of drug-likeness (QED) is 0.614. The van der Waals surface area contributed by atoms with Crippen LogP contribution in [-0.4, -0.2) is 34.5 Å². The lowest BCUT2D eigenvalue weighted by Crippen LogP contribution is -2.07. The molecule has 0 bridgehead atoms. The Morgan fingerprint density at radius 3 is 2.74 bits per heavy atom. The van der Waals surface area contributed by atoms with E-state index in [1.165, 1.54) is 31.5 Å². The minimum absolute atomic E-state index is 0.0613. The van der Waals surface area contributed by atoms with Gasteiger partial charge in [0.1, 0.15) is 6.61 Å². The van der Waals surface area contributed by atoms with Gasteiger partial charge in [0.05, 0.1) is 18.4 Å². The molecule has 0 fully saturated rings. The van der Waals surface area contributed by atoms with Crippen LogP contribution < -0.4 is 9.47 Å². The van der Waals surface area contributed by atoms with Crippen LogP contribution in [-0.2, 0) is 18.4 Å². The summed E-state index contributed by atoms with van der Waals surface area (Å²) in [6.07, 6.45) is 1.42. The molecule has 0 saturated heterocycles. The van der Waals surface area contributed by atoms with Crippen molar-refractivity contribution in [1.82, 2.24) is 14.8 Å². The van der Waals surface area contributed by atoms with Gasteiger partial charge in [-0.15, -0.1) is 0 Å². The summed E-state index contributed by atoms with van der Waals surface area (Å²) in [6, 6.07) is 5.99. The van der Waals surface area contributed by atoms with Crippen molar-refractivity contribution in [1.29, 1.82) is 0 Å². The van der Waals surface area contributed by atoms with Crippen molar-refractivity contribution in [2.45, 2.75) is 20.1 Å². The van der Waals surface area contributed by atoms with Crippen LogP contribution in [0.15, 0.2) is 30.5 Å². The number of methoxy groups -OCH3 is 1. The molecule has 0 amide bonds. The molecule has 0 saturated carbocycles. The first-order valence-corrected chi connectivity index (χ1v) is 7.97. The van der Waals surface area contributed by atoms with Crippen LogP contribution in [0.4, 0.5) is 8.78 Å². The Balaban J connectivity index is 1.73. The zero-order valence-corrected chi connectivity index (χ0v) is 14.9. The number of esters is 1. The molecular weight excluding hydrogens is 360 g/mol. The van der Waals surface area contributed by atoms with Crippen molar-refractivity contribution in [2.24, 2.45) is 7.05 Å². The van der Waals surface area contributed by atoms with Crippen molar-refractivity contribution >= 4 is 17.0 Å². The fourth-order valence-electron chi connectivity index (χ4n) is 2.65. The van der Waals surface area contributed by atoms with Crippen molar-refractivity contribution in [3.63, 3.8) is 0 Å². The summed E-state index contributed by atoms with van der Waals surface area (Å²) in [7, 11) is 3.11. The van der Waals surface area contributed by atoms with Gasteiger partial charge in [-0.1, -0.05) is 6.07 Å². The Bertz CT molecular complexity index is 988. The average Bonchev–Trinajstić information content (AvgIpc) is 2.93. The number of carbonyl (C=O) groups excluding carboxylic acids is 1. The minimum Gasteiger partial charge on any atom is -0.493 e. The molecule has 7 nitrogen and oxygen atoms in total. The van der Waals surface area contributed by atoms with E-state index in [-0.39, 0.29) is 18.1 Å². The Labute approximate surface area is 153 Å². The molecule has 3 aromatic rings. The van der Waals surface area contributed by atoms with Gasteiger partial charge < -0.3 is 14.2 Å². The second-order valence-corrected chi connectivity index (χ2v) is 5.74. The lowest BCUT2D eigenvalue weighted by atomic mass is 10.2. The van der Waals surface area contributed by atoms with Crippen LogP contribution in [0.2, 0.25) is 0 Å². The van der Waals surface area contributed by atoms with Gasteiger partial charge in [-0.05, 0) is 30.7 Å². The zero-order chi connectivity index (χ0) is 19.6. The maximum absolute atomic E-state index is 12.4. The Morgan fingerprint density at radius 1 is 1.26 bits per heavy atom. The first kappa shape index (κ1) is 18.6. The lowest BCUT2D eigenvalue weighted by Gasteiger charge is -2.11. The number of nitrogens with zero attached hydrogens (tertiary/aromatic N) is 3. The monoisotopic (exact) mass is 377 g/mol. The molecule has 2 aromatic heterocycles. The van der Waals surface area contributed by atoms with E-state index in [0.29, 0.717) is 16.8 Å². The molecule has 9 heteroatoms. The van der Waals surface area contributed by atoms with Crippen LogP contribution in [0, 0.1) is 6.92 Å². The molecule has 0 N–H and O–H groups in total. The Kier molecular flexibility index (Phi) is 5.20. The molecule has 0 radical (unpaired) electrons. The van der Waals surface area contributed by atoms with Gasteiger partial charge in [-0.25, -0.2) is 9.78 Å². The smallest absolute Gasteiger partial charge is 0.387 e. The van der Waals surface area contributed by atoms with Crippen LogP contribution >= 0.6 is 0 Å². The third kappa shape index (κ3) is 3.97. The van der Waals surface area contributed by atoms with E-state index in [1.54, 1.807) is 17.8 Å². The molecule has 1 aromatic carbocycles. The molecule has 27 heavy (non-hydrogen) atoms. The van der Waals surface area contributed by atoms with Crippen LogP contribution in [0.5, 0.6) is 11.5 Å². The van der Waals surface area contributed by atoms with Crippen molar-refractivity contribution < 1.29 is 27.8 Å². The number of carbonyl (C=O) groups is 1. The van der Waals surface area contributed by atoms with Gasteiger partial charge in [0, 0.05) is 18.6 Å². The average molecular weight is 377 g/mol. The maximum atomic E-state index is 12.4. The number of hydrogen-bond donors (Lipinski definition) is 0. The van der Waals surface area contributed by atoms with Crippen molar-refractivity contribution in [3.8, 4) is 11.5 Å². The number of alkyl halides is 2. The second-order valence-electron chi connectivity index (χ2n) is 5.74. The van der Waals surface area contributed by atoms with Gasteiger partial charge in [-0.3, -0.25) is 4.68 Å². The van der Waals surface area contributed by atoms with Gasteiger partial charge in [0.25, 0.3) is 0 Å². The minimum atomic E-state index is -2.96. The fraction of sp³-hybridized carbons (Fsp3) is 0.278. The third-order valence-corrected chi connectivity index (χ3v) is 3.91. The zero-order valence-electron chi connectivity index (χ0n) is 14.9. The molecule has 2 heterocycles. The summed E-state index contributed by atoms with van der Waals surface area (Å²) in [5, 5.41) is 5.02. The molecule has 0 aliphatic carbocycles. The van der Waals surface area contributed by atoms with E-state index in [9.17, 15) is 13.6 Å². The van der Waals surface area contributed by atoms with E-state index >= 15 is 0 Å². The molecular formula is C18H17F2N3O4. The highest BCUT2D eigenvalue weighted by molar-refractivity contribution is 5.93. The first-order chi connectivity index (χ1) is 12.9. The van der Waals surface area contributed by atoms with Gasteiger partial charge in [0.15, 0.2) is 17.1 Å². The molecule has 3 rings (SSSR count). The summed E-state index contributed by atoms with van der Waals surface area (Å²) in [6.45, 7) is -1.19. The number of fused-ring (bicyclic) bond motifs is 1. The largest absolute Gasteiger partial charge is 0.493 e. The number of halogens is 2. The van der Waals surface area contributed by atoms with Crippen LogP contribution in [0.1, 0.15) is 21.6 Å². The van der Waals surface area contributed by atoms with E-state index < -0.39 is 12.6 Å². The molecule has 0 atom stereocenters. The lowest BCUT2D eigenvalue weighted by molar-refractivity contribution is -0.0512. The predicted octanol–water partition coefficient (Wildman–Crippen LogP) is 3.24. The number of aromatic nitrogens is 3. The predicted molar refractivity (Wildman–Crippen MR) is 92.0 cm³/mol. The van der Waals surface area contributed by atoms with Crippen LogP contribution in [0.3, 0.4) is 0 Å². The standard InChI is InChI=1S/C18H17F2N3O4/c1-10-13-7-12(8-21-16(13)23(2)22-10)17(24)26-9-11-4-5-14(27-18(19)20)15(6-11)25-3/h4-8,18H,9H2,1-3H3. The highest BCUT2D eigenvalue weighted by Gasteiger charge is 2.15. The van der Waals surface area contributed by atoms with E-state index in [0.717, 1.165) is 11.1 Å². The topological polar surface area (TPSA) is 75.5 Å². The highest BCUT2D eigenvalue weighted by Crippen LogP contribution is 2.29. The summed E-state index contributed by atoms with van der Waals surface area (Å²) in [5.74, 6) is -0.526. The number of benzene rings is 1. The van der Waals surface area contributed by atoms with Gasteiger partial charge in [0.2, 0.25) is 0 Å². The molecule has 0 aliphatic rings. The number of hydrogen-bond acceptors (Lipinski definition) is 6. The number of rotatable bonds is 6. The number of aryl methyl sites for hydroxylation is 2. The third-order valence-electron chi connectivity index (χ3n) is 3.91. The fourth-order valence-corrected chi connectivity index (χ4v) is 2.65. The van der Waals surface area contributed by atoms with Gasteiger partial charge in [-0.2, -0.15) is 13.9 Å². The summed E-state index contributed by atoms with van der Waals surface area (Å²) in [5.41, 5.74) is 2.29. The second kappa shape index (κ2) is 7.56. The Hall–Kier alpha value is -3.23.